The molecular formula is C17H20N5O9PS. The molecule has 3 heterocycles. The van der Waals surface area contributed by atoms with E-state index in [0.717, 1.165) is 11.8 Å². The lowest BCUT2D eigenvalue weighted by atomic mass is 10.1. The molecule has 0 saturated carbocycles. The first kappa shape index (κ1) is 23.7. The third-order valence-electron chi connectivity index (χ3n) is 4.89. The van der Waals surface area contributed by atoms with Gasteiger partial charge in [-0.2, -0.15) is 4.98 Å². The number of imidazole rings is 1. The van der Waals surface area contributed by atoms with Gasteiger partial charge in [0.1, 0.15) is 30.4 Å². The van der Waals surface area contributed by atoms with E-state index >= 15 is 0 Å². The number of nitrogen functional groups attached to an aromatic ring is 1. The molecule has 3 aromatic rings. The quantitative estimate of drug-likeness (QED) is 0.222. The highest BCUT2D eigenvalue weighted by Gasteiger charge is 2.57. The van der Waals surface area contributed by atoms with E-state index in [1.807, 2.05) is 0 Å². The zero-order chi connectivity index (χ0) is 24.0. The molecule has 1 aliphatic heterocycles. The Morgan fingerprint density at radius 2 is 2.03 bits per heavy atom. The molecule has 0 bridgehead atoms. The summed E-state index contributed by atoms with van der Waals surface area (Å²) < 4.78 is 28.0. The number of fused-ring (bicyclic) bond motifs is 1. The highest BCUT2D eigenvalue weighted by molar-refractivity contribution is 8.00. The first-order valence-electron chi connectivity index (χ1n) is 9.34. The van der Waals surface area contributed by atoms with Crippen LogP contribution in [0, 0.1) is 0 Å². The van der Waals surface area contributed by atoms with E-state index in [0.29, 0.717) is 10.6 Å². The van der Waals surface area contributed by atoms with Crippen LogP contribution >= 0.6 is 19.6 Å². The van der Waals surface area contributed by atoms with Crippen molar-refractivity contribution in [1.29, 1.82) is 0 Å². The van der Waals surface area contributed by atoms with Gasteiger partial charge in [0.25, 0.3) is 5.56 Å². The number of thioether (sulfide) groups is 1. The van der Waals surface area contributed by atoms with E-state index < -0.39 is 43.4 Å². The number of phosphoric acid groups is 1. The third-order valence-corrected chi connectivity index (χ3v) is 6.71. The Labute approximate surface area is 189 Å². The number of methoxy groups -OCH3 is 1. The molecule has 1 fully saturated rings. The molecule has 14 nitrogen and oxygen atoms in total. The lowest BCUT2D eigenvalue weighted by molar-refractivity contribution is -0.0768. The molecule has 0 spiro atoms. The van der Waals surface area contributed by atoms with Crippen LogP contribution in [0.25, 0.3) is 11.2 Å². The molecule has 7 N–H and O–H groups in total. The largest absolute Gasteiger partial charge is 0.497 e. The predicted molar refractivity (Wildman–Crippen MR) is 114 cm³/mol. The van der Waals surface area contributed by atoms with Crippen molar-refractivity contribution in [3.63, 3.8) is 0 Å². The summed E-state index contributed by atoms with van der Waals surface area (Å²) in [5.41, 5.74) is 4.91. The van der Waals surface area contributed by atoms with Crippen molar-refractivity contribution in [2.75, 3.05) is 19.5 Å². The van der Waals surface area contributed by atoms with Crippen LogP contribution in [-0.2, 0) is 18.9 Å². The Morgan fingerprint density at radius 1 is 1.33 bits per heavy atom. The minimum atomic E-state index is -4.88. The van der Waals surface area contributed by atoms with Gasteiger partial charge in [-0.3, -0.25) is 18.9 Å². The van der Waals surface area contributed by atoms with Gasteiger partial charge in [0.2, 0.25) is 11.0 Å². The number of aromatic amines is 1. The van der Waals surface area contributed by atoms with Crippen molar-refractivity contribution in [2.24, 2.45) is 0 Å². The van der Waals surface area contributed by atoms with Crippen molar-refractivity contribution in [3.8, 4) is 5.75 Å². The fourth-order valence-electron chi connectivity index (χ4n) is 3.38. The average Bonchev–Trinajstić information content (AvgIpc) is 3.28. The number of rotatable bonds is 7. The number of ether oxygens (including phenoxy) is 2. The minimum Gasteiger partial charge on any atom is -0.497 e. The number of benzene rings is 1. The summed E-state index contributed by atoms with van der Waals surface area (Å²) >= 11 is 0.944. The first-order chi connectivity index (χ1) is 15.5. The lowest BCUT2D eigenvalue weighted by Crippen LogP contribution is -2.43. The topological polar surface area (TPSA) is 215 Å². The second kappa shape index (κ2) is 8.70. The monoisotopic (exact) mass is 501 g/mol. The lowest BCUT2D eigenvalue weighted by Gasteiger charge is -2.33. The van der Waals surface area contributed by atoms with Crippen molar-refractivity contribution in [2.45, 2.75) is 28.3 Å². The van der Waals surface area contributed by atoms with E-state index in [9.17, 15) is 19.6 Å². The fourth-order valence-corrected chi connectivity index (χ4v) is 4.99. The van der Waals surface area contributed by atoms with Crippen LogP contribution in [0.5, 0.6) is 5.75 Å². The number of hydrogen-bond acceptors (Lipinski definition) is 11. The van der Waals surface area contributed by atoms with Crippen LogP contribution in [0.1, 0.15) is 0 Å². The Balaban J connectivity index is 1.82. The van der Waals surface area contributed by atoms with Crippen molar-refractivity contribution in [1.82, 2.24) is 19.5 Å². The average molecular weight is 501 g/mol. The number of nitrogens with two attached hydrogens (primary N) is 1. The number of aromatic nitrogens is 4. The molecule has 1 aromatic carbocycles. The van der Waals surface area contributed by atoms with Gasteiger partial charge in [0, 0.05) is 4.90 Å². The second-order valence-electron chi connectivity index (χ2n) is 7.02. The van der Waals surface area contributed by atoms with Gasteiger partial charge in [-0.25, -0.2) is 9.55 Å². The molecule has 0 amide bonds. The molecule has 33 heavy (non-hydrogen) atoms. The number of H-pyrrole nitrogens is 1. The molecule has 0 aliphatic carbocycles. The smallest absolute Gasteiger partial charge is 0.469 e. The number of aliphatic hydroxyl groups is 2. The van der Waals surface area contributed by atoms with E-state index in [1.165, 1.54) is 18.0 Å². The van der Waals surface area contributed by atoms with Gasteiger partial charge >= 0.3 is 7.82 Å². The van der Waals surface area contributed by atoms with Crippen molar-refractivity contribution in [3.05, 3.63) is 40.9 Å². The van der Waals surface area contributed by atoms with Crippen molar-refractivity contribution >= 4 is 36.7 Å². The van der Waals surface area contributed by atoms with E-state index in [4.69, 9.17) is 25.0 Å². The van der Waals surface area contributed by atoms with Crippen LogP contribution in [0.2, 0.25) is 0 Å². The van der Waals surface area contributed by atoms with Crippen LogP contribution in [0.4, 0.5) is 5.95 Å². The number of nitrogens with zero attached hydrogens (tertiary/aromatic N) is 3. The van der Waals surface area contributed by atoms with Crippen LogP contribution in [-0.4, -0.2) is 71.5 Å². The zero-order valence-corrected chi connectivity index (χ0v) is 18.6. The van der Waals surface area contributed by atoms with Gasteiger partial charge in [0.15, 0.2) is 11.2 Å². The summed E-state index contributed by atoms with van der Waals surface area (Å²) in [4.78, 5) is 41.3. The predicted octanol–water partition coefficient (Wildman–Crippen LogP) is -0.657. The Kier molecular flexibility index (Phi) is 6.24. The van der Waals surface area contributed by atoms with Gasteiger partial charge in [-0.15, -0.1) is 0 Å². The maximum atomic E-state index is 12.3. The highest BCUT2D eigenvalue weighted by Crippen LogP contribution is 2.50. The fraction of sp³-hybridized carbons (Fsp3) is 0.353. The molecular weight excluding hydrogens is 481 g/mol. The SMILES string of the molecule is COc1ccc(S[C@@]2(n3cnc4c(=O)[nH]c(N)nc43)O[C@H](COP(=O)(O)O)[C@@H](O)[C@H]2O)cc1. The Morgan fingerprint density at radius 3 is 2.67 bits per heavy atom. The van der Waals surface area contributed by atoms with E-state index in [2.05, 4.69) is 19.5 Å². The number of anilines is 1. The van der Waals surface area contributed by atoms with Gasteiger partial charge < -0.3 is 35.2 Å². The van der Waals surface area contributed by atoms with E-state index in [-0.39, 0.29) is 17.1 Å². The number of nitrogens with one attached hydrogen (secondary N) is 1. The summed E-state index contributed by atoms with van der Waals surface area (Å²) in [6.45, 7) is -0.726. The Hall–Kier alpha value is -2.49. The second-order valence-corrected chi connectivity index (χ2v) is 9.52. The number of aliphatic hydroxyl groups excluding tert-OH is 2. The maximum Gasteiger partial charge on any atom is 0.469 e. The summed E-state index contributed by atoms with van der Waals surface area (Å²) in [5, 5.41) is 19.9. The summed E-state index contributed by atoms with van der Waals surface area (Å²) in [7, 11) is -3.38. The third kappa shape index (κ3) is 4.49. The molecule has 16 heteroatoms. The molecule has 2 aromatic heterocycles. The number of phosphoric ester groups is 1. The molecule has 178 valence electrons. The standard InChI is InChI=1S/C17H20N5O9PS/c1-29-8-2-4-9(5-3-8)33-17(13(24)12(23)10(31-17)6-30-32(26,27)28)22-7-19-11-14(22)20-16(18)21-15(11)25/h2-5,7,10,12-13,23-24H,6H2,1H3,(H2,26,27,28)(H3,18,20,21,25)/t10-,12-,13-,17+/m1/s1. The molecule has 1 saturated heterocycles. The highest BCUT2D eigenvalue weighted by atomic mass is 32.2. The molecule has 0 radical (unpaired) electrons. The van der Waals surface area contributed by atoms with Crippen LogP contribution in [0.15, 0.2) is 40.3 Å². The minimum absolute atomic E-state index is 0.0416. The van der Waals surface area contributed by atoms with Gasteiger partial charge in [-0.05, 0) is 24.3 Å². The van der Waals surface area contributed by atoms with Crippen LogP contribution < -0.4 is 16.0 Å². The number of hydrogen-bond donors (Lipinski definition) is 6. The van der Waals surface area contributed by atoms with Crippen molar-refractivity contribution < 1.29 is 38.6 Å². The van der Waals surface area contributed by atoms with Gasteiger partial charge in [-0.1, -0.05) is 11.8 Å². The van der Waals surface area contributed by atoms with Gasteiger partial charge in [0.05, 0.1) is 13.7 Å². The summed E-state index contributed by atoms with van der Waals surface area (Å²) in [6, 6.07) is 6.66. The first-order valence-corrected chi connectivity index (χ1v) is 11.7. The van der Waals surface area contributed by atoms with Crippen LogP contribution in [0.3, 0.4) is 0 Å². The summed E-state index contributed by atoms with van der Waals surface area (Å²) in [6.07, 6.45) is -3.46. The van der Waals surface area contributed by atoms with E-state index in [1.54, 1.807) is 24.3 Å². The summed E-state index contributed by atoms with van der Waals surface area (Å²) in [5.74, 6) is 0.358. The molecule has 4 rings (SSSR count). The zero-order valence-electron chi connectivity index (χ0n) is 16.9. The molecule has 4 atom stereocenters. The maximum absolute atomic E-state index is 12.3. The normalized spacial score (nSPS) is 25.5. The molecule has 0 unspecified atom stereocenters. The molecule has 1 aliphatic rings. The Bertz CT molecular complexity index is 1260.